The van der Waals surface area contributed by atoms with Crippen molar-refractivity contribution >= 4 is 17.9 Å². The highest BCUT2D eigenvalue weighted by Gasteiger charge is 2.08. The molecule has 0 aliphatic carbocycles. The van der Waals surface area contributed by atoms with Crippen LogP contribution in [0.1, 0.15) is 136 Å². The van der Waals surface area contributed by atoms with Gasteiger partial charge in [-0.1, -0.05) is 57.8 Å². The molecule has 0 radical (unpaired) electrons. The van der Waals surface area contributed by atoms with E-state index in [0.717, 1.165) is 96.3 Å². The molecule has 9 heteroatoms. The summed E-state index contributed by atoms with van der Waals surface area (Å²) < 4.78 is 16.1. The zero-order chi connectivity index (χ0) is 30.7. The van der Waals surface area contributed by atoms with E-state index in [0.29, 0.717) is 76.8 Å². The molecule has 0 aromatic carbocycles. The molecule has 9 nitrogen and oxygen atoms in total. The van der Waals surface area contributed by atoms with Crippen LogP contribution in [-0.2, 0) is 28.6 Å². The smallest absolute Gasteiger partial charge is 0.305 e. The summed E-state index contributed by atoms with van der Waals surface area (Å²) in [6.45, 7) is 9.77. The topological polar surface area (TPSA) is 115 Å². The molecule has 0 spiro atoms. The molecule has 1 rings (SSSR count). The first kappa shape index (κ1) is 38.3. The Balaban J connectivity index is 2.29. The van der Waals surface area contributed by atoms with E-state index >= 15 is 0 Å². The zero-order valence-electron chi connectivity index (χ0n) is 27.2. The van der Waals surface area contributed by atoms with Gasteiger partial charge in [-0.3, -0.25) is 14.4 Å². The van der Waals surface area contributed by atoms with Crippen LogP contribution in [0.3, 0.4) is 0 Å². The minimum Gasteiger partial charge on any atom is -0.464 e. The first-order valence-electron chi connectivity index (χ1n) is 17.0. The molecule has 246 valence electrons. The number of esters is 3. The van der Waals surface area contributed by atoms with Gasteiger partial charge in [0.2, 0.25) is 0 Å². The van der Waals surface area contributed by atoms with E-state index in [1.54, 1.807) is 0 Å². The summed E-state index contributed by atoms with van der Waals surface area (Å²) in [7, 11) is 0. The van der Waals surface area contributed by atoms with Crippen LogP contribution in [0, 0.1) is 0 Å². The van der Waals surface area contributed by atoms with Gasteiger partial charge in [0, 0.05) is 57.0 Å². The Bertz CT molecular complexity index is 602. The van der Waals surface area contributed by atoms with Gasteiger partial charge in [-0.25, -0.2) is 0 Å². The van der Waals surface area contributed by atoms with Crippen LogP contribution in [0.15, 0.2) is 0 Å². The molecular formula is C33H63N3O6. The van der Waals surface area contributed by atoms with Gasteiger partial charge in [0.1, 0.15) is 19.8 Å². The van der Waals surface area contributed by atoms with Gasteiger partial charge in [-0.15, -0.1) is 0 Å². The highest BCUT2D eigenvalue weighted by Crippen LogP contribution is 2.11. The SMILES string of the molecule is CC1CCCCCCC(=O)OCCNC(C)CCCCCCC(=O)OCCNC(C)CCCCCCC(=O)OCCN1. The van der Waals surface area contributed by atoms with E-state index in [9.17, 15) is 14.4 Å². The van der Waals surface area contributed by atoms with Gasteiger partial charge in [0.05, 0.1) is 0 Å². The van der Waals surface area contributed by atoms with E-state index in [2.05, 4.69) is 36.7 Å². The predicted molar refractivity (Wildman–Crippen MR) is 168 cm³/mol. The van der Waals surface area contributed by atoms with Crippen LogP contribution in [0.2, 0.25) is 0 Å². The van der Waals surface area contributed by atoms with Crippen molar-refractivity contribution in [2.45, 2.75) is 154 Å². The lowest BCUT2D eigenvalue weighted by Gasteiger charge is -2.14. The Morgan fingerprint density at radius 1 is 0.429 bits per heavy atom. The second-order valence-electron chi connectivity index (χ2n) is 12.1. The second-order valence-corrected chi connectivity index (χ2v) is 12.1. The summed E-state index contributed by atoms with van der Waals surface area (Å²) in [6.07, 6.45) is 17.0. The van der Waals surface area contributed by atoms with E-state index in [1.165, 1.54) is 0 Å². The summed E-state index contributed by atoms with van der Waals surface area (Å²) in [5.41, 5.74) is 0. The third-order valence-electron chi connectivity index (χ3n) is 7.88. The van der Waals surface area contributed by atoms with Crippen molar-refractivity contribution in [2.75, 3.05) is 39.5 Å². The molecule has 0 aromatic rings. The van der Waals surface area contributed by atoms with Gasteiger partial charge in [0.15, 0.2) is 0 Å². The Morgan fingerprint density at radius 3 is 0.976 bits per heavy atom. The highest BCUT2D eigenvalue weighted by atomic mass is 16.5. The molecule has 1 aliphatic rings. The fraction of sp³-hybridized carbons (Fsp3) is 0.909. The average Bonchev–Trinajstić information content (AvgIpc) is 2.96. The Morgan fingerprint density at radius 2 is 0.690 bits per heavy atom. The van der Waals surface area contributed by atoms with Gasteiger partial charge in [-0.05, 0) is 59.3 Å². The number of cyclic esters (lactones) is 3. The fourth-order valence-electron chi connectivity index (χ4n) is 5.15. The Labute approximate surface area is 256 Å². The van der Waals surface area contributed by atoms with E-state index < -0.39 is 0 Å². The Hall–Kier alpha value is -1.71. The van der Waals surface area contributed by atoms with E-state index in [-0.39, 0.29) is 17.9 Å². The molecule has 1 heterocycles. The lowest BCUT2D eigenvalue weighted by molar-refractivity contribution is -0.144. The van der Waals surface area contributed by atoms with Crippen molar-refractivity contribution in [3.05, 3.63) is 0 Å². The maximum absolute atomic E-state index is 12.0. The molecule has 3 atom stereocenters. The first-order chi connectivity index (χ1) is 20.4. The maximum Gasteiger partial charge on any atom is 0.305 e. The third-order valence-corrected chi connectivity index (χ3v) is 7.88. The first-order valence-corrected chi connectivity index (χ1v) is 17.0. The number of carbonyl (C=O) groups excluding carboxylic acids is 3. The largest absolute Gasteiger partial charge is 0.464 e. The molecular weight excluding hydrogens is 534 g/mol. The minimum absolute atomic E-state index is 0.110. The molecule has 3 N–H and O–H groups in total. The monoisotopic (exact) mass is 597 g/mol. The number of nitrogens with one attached hydrogen (secondary N) is 3. The maximum atomic E-state index is 12.0. The lowest BCUT2D eigenvalue weighted by atomic mass is 10.1. The summed E-state index contributed by atoms with van der Waals surface area (Å²) in [6, 6.07) is 1.15. The molecule has 0 amide bonds. The normalized spacial score (nSPS) is 27.2. The quantitative estimate of drug-likeness (QED) is 0.243. The van der Waals surface area contributed by atoms with Crippen molar-refractivity contribution in [1.82, 2.24) is 16.0 Å². The van der Waals surface area contributed by atoms with Crippen LogP contribution in [-0.4, -0.2) is 75.5 Å². The van der Waals surface area contributed by atoms with E-state index in [1.807, 2.05) is 0 Å². The van der Waals surface area contributed by atoms with E-state index in [4.69, 9.17) is 14.2 Å². The molecule has 1 fully saturated rings. The van der Waals surface area contributed by atoms with Crippen molar-refractivity contribution in [3.63, 3.8) is 0 Å². The van der Waals surface area contributed by atoms with Crippen molar-refractivity contribution in [1.29, 1.82) is 0 Å². The van der Waals surface area contributed by atoms with Gasteiger partial charge >= 0.3 is 17.9 Å². The Kier molecular flexibility index (Phi) is 24.5. The van der Waals surface area contributed by atoms with Crippen molar-refractivity contribution < 1.29 is 28.6 Å². The number of carbonyl (C=O) groups is 3. The van der Waals surface area contributed by atoms with Crippen LogP contribution < -0.4 is 16.0 Å². The number of hydrogen-bond donors (Lipinski definition) is 3. The molecule has 0 bridgehead atoms. The van der Waals surface area contributed by atoms with Crippen molar-refractivity contribution in [2.24, 2.45) is 0 Å². The zero-order valence-corrected chi connectivity index (χ0v) is 27.2. The molecule has 0 aromatic heterocycles. The van der Waals surface area contributed by atoms with Crippen LogP contribution in [0.5, 0.6) is 0 Å². The second kappa shape index (κ2) is 26.9. The number of ether oxygens (including phenoxy) is 3. The van der Waals surface area contributed by atoms with Crippen LogP contribution in [0.25, 0.3) is 0 Å². The lowest BCUT2D eigenvalue weighted by Crippen LogP contribution is -2.30. The summed E-state index contributed by atoms with van der Waals surface area (Å²) in [5, 5.41) is 10.3. The van der Waals surface area contributed by atoms with Gasteiger partial charge in [-0.2, -0.15) is 0 Å². The van der Waals surface area contributed by atoms with Crippen LogP contribution >= 0.6 is 0 Å². The fourth-order valence-corrected chi connectivity index (χ4v) is 5.15. The number of rotatable bonds is 0. The molecule has 3 unspecified atom stereocenters. The standard InChI is InChI=1S/C33H63N3O6/c1-28-16-10-4-7-13-19-32(38)41-26-23-35-30(3)18-12-6-9-15-21-33(39)42-27-24-36-29(2)17-11-5-8-14-20-31(37)40-25-22-34-28/h28-30,34-36H,4-27H2,1-3H3. The number of hydrogen-bond acceptors (Lipinski definition) is 9. The summed E-state index contributed by atoms with van der Waals surface area (Å²) in [5.74, 6) is -0.329. The summed E-state index contributed by atoms with van der Waals surface area (Å²) in [4.78, 5) is 36.0. The van der Waals surface area contributed by atoms with Crippen molar-refractivity contribution in [3.8, 4) is 0 Å². The molecule has 1 saturated heterocycles. The van der Waals surface area contributed by atoms with Gasteiger partial charge in [0.25, 0.3) is 0 Å². The highest BCUT2D eigenvalue weighted by molar-refractivity contribution is 5.69. The minimum atomic E-state index is -0.110. The van der Waals surface area contributed by atoms with Crippen LogP contribution in [0.4, 0.5) is 0 Å². The van der Waals surface area contributed by atoms with Gasteiger partial charge < -0.3 is 30.2 Å². The average molecular weight is 598 g/mol. The predicted octanol–water partition coefficient (Wildman–Crippen LogP) is 5.59. The third kappa shape index (κ3) is 24.8. The molecule has 1 aliphatic heterocycles. The summed E-state index contributed by atoms with van der Waals surface area (Å²) >= 11 is 0. The molecule has 42 heavy (non-hydrogen) atoms. The molecule has 0 saturated carbocycles.